The Labute approximate surface area is 133 Å². The molecule has 0 fully saturated rings. The van der Waals surface area contributed by atoms with Crippen LogP contribution in [0, 0.1) is 0 Å². The van der Waals surface area contributed by atoms with Gasteiger partial charge in [-0.15, -0.1) is 0 Å². The summed E-state index contributed by atoms with van der Waals surface area (Å²) in [5, 5.41) is 12.7. The van der Waals surface area contributed by atoms with Gasteiger partial charge in [0.15, 0.2) is 6.04 Å². The third kappa shape index (κ3) is 4.65. The number of ether oxygens (including phenoxy) is 2. The molecule has 1 amide bonds. The zero-order valence-electron chi connectivity index (χ0n) is 12.9. The topological polar surface area (TPSA) is 102 Å². The Morgan fingerprint density at radius 2 is 2.00 bits per heavy atom. The molecule has 0 saturated heterocycles. The summed E-state index contributed by atoms with van der Waals surface area (Å²) in [4.78, 5) is 34.7. The number of benzene rings is 1. The normalized spacial score (nSPS) is 14.6. The van der Waals surface area contributed by atoms with Gasteiger partial charge in [0.2, 0.25) is 12.0 Å². The van der Waals surface area contributed by atoms with Crippen LogP contribution in [0.1, 0.15) is 12.5 Å². The van der Waals surface area contributed by atoms with Crippen molar-refractivity contribution in [2.75, 3.05) is 13.7 Å². The molecule has 0 unspecified atom stereocenters. The minimum atomic E-state index is -2.41. The van der Waals surface area contributed by atoms with Crippen molar-refractivity contribution in [2.24, 2.45) is 0 Å². The molecule has 124 valence electrons. The van der Waals surface area contributed by atoms with Gasteiger partial charge < -0.3 is 19.9 Å². The van der Waals surface area contributed by atoms with Crippen LogP contribution in [0.15, 0.2) is 36.4 Å². The third-order valence-electron chi connectivity index (χ3n) is 3.04. The number of carbonyl (C=O) groups excluding carboxylic acids is 3. The van der Waals surface area contributed by atoms with Crippen molar-refractivity contribution < 1.29 is 29.0 Å². The second-order valence-electron chi connectivity index (χ2n) is 4.53. The lowest BCUT2D eigenvalue weighted by Gasteiger charge is -2.28. The number of nitrogens with one attached hydrogen (secondary N) is 1. The molecule has 0 aliphatic rings. The van der Waals surface area contributed by atoms with Crippen molar-refractivity contribution >= 4 is 24.4 Å². The molecule has 23 heavy (non-hydrogen) atoms. The number of amides is 1. The minimum absolute atomic E-state index is 0.0233. The van der Waals surface area contributed by atoms with Crippen LogP contribution in [0.3, 0.4) is 0 Å². The lowest BCUT2D eigenvalue weighted by molar-refractivity contribution is -0.169. The summed E-state index contributed by atoms with van der Waals surface area (Å²) >= 11 is 0. The van der Waals surface area contributed by atoms with Gasteiger partial charge in [0.25, 0.3) is 0 Å². The summed E-state index contributed by atoms with van der Waals surface area (Å²) < 4.78 is 9.34. The highest BCUT2D eigenvalue weighted by Crippen LogP contribution is 2.19. The van der Waals surface area contributed by atoms with E-state index in [-0.39, 0.29) is 13.0 Å². The first-order valence-electron chi connectivity index (χ1n) is 6.91. The first-order valence-corrected chi connectivity index (χ1v) is 6.91. The molecule has 1 rings (SSSR count). The van der Waals surface area contributed by atoms with Gasteiger partial charge in [-0.3, -0.25) is 4.79 Å². The van der Waals surface area contributed by atoms with E-state index in [0.717, 1.165) is 13.2 Å². The molecule has 1 aromatic rings. The monoisotopic (exact) mass is 321 g/mol. The Hall–Kier alpha value is -2.67. The molecule has 1 aromatic carbocycles. The molecule has 2 N–H and O–H groups in total. The summed E-state index contributed by atoms with van der Waals surface area (Å²) in [6, 6.07) is 7.18. The van der Waals surface area contributed by atoms with Crippen LogP contribution >= 0.6 is 0 Å². The van der Waals surface area contributed by atoms with Crippen molar-refractivity contribution in [2.45, 2.75) is 18.6 Å². The van der Waals surface area contributed by atoms with Crippen molar-refractivity contribution in [1.29, 1.82) is 0 Å². The van der Waals surface area contributed by atoms with Crippen LogP contribution in [0.4, 0.5) is 0 Å². The minimum Gasteiger partial charge on any atom is -0.467 e. The average Bonchev–Trinajstić information content (AvgIpc) is 2.57. The van der Waals surface area contributed by atoms with E-state index in [1.54, 1.807) is 37.3 Å². The maximum Gasteiger partial charge on any atom is 0.344 e. The molecule has 0 aromatic heterocycles. The molecular weight excluding hydrogens is 302 g/mol. The fraction of sp³-hybridized carbons (Fsp3) is 0.312. The second-order valence-corrected chi connectivity index (χ2v) is 4.53. The molecule has 0 saturated carbocycles. The van der Waals surface area contributed by atoms with E-state index in [1.165, 1.54) is 6.08 Å². The molecule has 0 bridgehead atoms. The lowest BCUT2D eigenvalue weighted by Crippen LogP contribution is -2.59. The molecule has 7 nitrogen and oxygen atoms in total. The van der Waals surface area contributed by atoms with Crippen LogP contribution in [-0.4, -0.2) is 48.8 Å². The maximum absolute atomic E-state index is 12.0. The molecule has 0 aliphatic heterocycles. The summed E-state index contributed by atoms with van der Waals surface area (Å²) in [5.74, 6) is -2.05. The Morgan fingerprint density at radius 1 is 1.35 bits per heavy atom. The number of hydrogen-bond acceptors (Lipinski definition) is 6. The first kappa shape index (κ1) is 18.4. The van der Waals surface area contributed by atoms with E-state index in [4.69, 9.17) is 4.74 Å². The van der Waals surface area contributed by atoms with Crippen LogP contribution < -0.4 is 5.32 Å². The van der Waals surface area contributed by atoms with Gasteiger partial charge in [-0.05, 0) is 18.6 Å². The van der Waals surface area contributed by atoms with Gasteiger partial charge in [-0.25, -0.2) is 9.59 Å². The summed E-state index contributed by atoms with van der Waals surface area (Å²) in [7, 11) is 1.06. The van der Waals surface area contributed by atoms with E-state index in [1.807, 2.05) is 0 Å². The maximum atomic E-state index is 12.0. The van der Waals surface area contributed by atoms with Crippen molar-refractivity contribution in [3.8, 4) is 0 Å². The molecule has 0 heterocycles. The predicted octanol–water partition coefficient (Wildman–Crippen LogP) is 0.282. The Bertz CT molecular complexity index is 571. The van der Waals surface area contributed by atoms with E-state index in [0.29, 0.717) is 5.56 Å². The number of methoxy groups -OCH3 is 1. The van der Waals surface area contributed by atoms with Crippen LogP contribution in [0.2, 0.25) is 0 Å². The highest BCUT2D eigenvalue weighted by Gasteiger charge is 2.48. The van der Waals surface area contributed by atoms with Gasteiger partial charge in [-0.1, -0.05) is 36.4 Å². The van der Waals surface area contributed by atoms with Crippen LogP contribution in [0.25, 0.3) is 6.08 Å². The molecule has 0 spiro atoms. The molecule has 0 radical (unpaired) electrons. The summed E-state index contributed by atoms with van der Waals surface area (Å²) in [6.45, 7) is 1.59. The number of esters is 2. The highest BCUT2D eigenvalue weighted by atomic mass is 16.5. The van der Waals surface area contributed by atoms with Crippen LogP contribution in [0.5, 0.6) is 0 Å². The Morgan fingerprint density at radius 3 is 2.52 bits per heavy atom. The quantitative estimate of drug-likeness (QED) is 0.527. The predicted molar refractivity (Wildman–Crippen MR) is 82.1 cm³/mol. The van der Waals surface area contributed by atoms with Crippen LogP contribution in [-0.2, 0) is 23.9 Å². The number of rotatable bonds is 8. The van der Waals surface area contributed by atoms with E-state index >= 15 is 0 Å². The second kappa shape index (κ2) is 8.70. The van der Waals surface area contributed by atoms with Crippen molar-refractivity contribution in [3.63, 3.8) is 0 Å². The Kier molecular flexibility index (Phi) is 6.95. The van der Waals surface area contributed by atoms with Gasteiger partial charge in [0.1, 0.15) is 0 Å². The van der Waals surface area contributed by atoms with Gasteiger partial charge >= 0.3 is 11.9 Å². The third-order valence-corrected chi connectivity index (χ3v) is 3.04. The van der Waals surface area contributed by atoms with E-state index in [2.05, 4.69) is 10.1 Å². The fourth-order valence-corrected chi connectivity index (χ4v) is 1.90. The lowest BCUT2D eigenvalue weighted by atomic mass is 9.92. The Balaban J connectivity index is 3.22. The fourth-order valence-electron chi connectivity index (χ4n) is 1.90. The zero-order chi connectivity index (χ0) is 17.3. The van der Waals surface area contributed by atoms with E-state index in [9.17, 15) is 19.5 Å². The van der Waals surface area contributed by atoms with Crippen molar-refractivity contribution in [1.82, 2.24) is 5.32 Å². The summed E-state index contributed by atoms with van der Waals surface area (Å²) in [6.07, 6.45) is 2.73. The number of aliphatic hydroxyl groups is 1. The first-order chi connectivity index (χ1) is 11.0. The zero-order valence-corrected chi connectivity index (χ0v) is 12.9. The number of carbonyl (C=O) groups is 3. The molecule has 0 aliphatic carbocycles. The van der Waals surface area contributed by atoms with Gasteiger partial charge in [0, 0.05) is 0 Å². The molecule has 2 atom stereocenters. The molecular formula is C16H19NO6. The van der Waals surface area contributed by atoms with Gasteiger partial charge in [0.05, 0.1) is 13.7 Å². The number of hydrogen-bond donors (Lipinski definition) is 2. The SMILES string of the molecule is CCOC(=O)[C@H](NC=O)[C@@](O)(/C=C/c1ccccc1)C(=O)OC. The highest BCUT2D eigenvalue weighted by molar-refractivity contribution is 5.93. The summed E-state index contributed by atoms with van der Waals surface area (Å²) in [5.41, 5.74) is -1.72. The van der Waals surface area contributed by atoms with Crippen molar-refractivity contribution in [3.05, 3.63) is 42.0 Å². The molecule has 7 heteroatoms. The standard InChI is InChI=1S/C16H19NO6/c1-3-23-14(19)13(17-11-18)16(21,15(20)22-2)10-9-12-7-5-4-6-8-12/h4-11,13,21H,3H2,1-2H3,(H,17,18)/b10-9+/t13-,16-/m0/s1. The van der Waals surface area contributed by atoms with Gasteiger partial charge in [-0.2, -0.15) is 0 Å². The average molecular weight is 321 g/mol. The van der Waals surface area contributed by atoms with E-state index < -0.39 is 23.6 Å². The largest absolute Gasteiger partial charge is 0.467 e. The smallest absolute Gasteiger partial charge is 0.344 e.